The third-order valence-electron chi connectivity index (χ3n) is 3.30. The highest BCUT2D eigenvalue weighted by atomic mass is 19.4. The van der Waals surface area contributed by atoms with Crippen molar-refractivity contribution in [1.82, 2.24) is 0 Å². The van der Waals surface area contributed by atoms with Gasteiger partial charge in [0.25, 0.3) is 0 Å². The van der Waals surface area contributed by atoms with Crippen molar-refractivity contribution in [3.63, 3.8) is 0 Å². The third kappa shape index (κ3) is 3.03. The minimum Gasteiger partial charge on any atom is -0.406 e. The lowest BCUT2D eigenvalue weighted by Crippen LogP contribution is -2.17. The molecule has 18 heavy (non-hydrogen) atoms. The summed E-state index contributed by atoms with van der Waals surface area (Å²) in [7, 11) is 0. The summed E-state index contributed by atoms with van der Waals surface area (Å²) in [6.07, 6.45) is -2.35. The summed E-state index contributed by atoms with van der Waals surface area (Å²) in [6, 6.07) is 5.70. The van der Waals surface area contributed by atoms with Crippen LogP contribution in [0.25, 0.3) is 0 Å². The third-order valence-corrected chi connectivity index (χ3v) is 3.30. The fraction of sp³-hybridized carbons (Fsp3) is 0.462. The van der Waals surface area contributed by atoms with E-state index >= 15 is 0 Å². The maximum Gasteiger partial charge on any atom is 0.573 e. The van der Waals surface area contributed by atoms with E-state index in [1.165, 1.54) is 12.1 Å². The molecule has 2 rings (SSSR count). The molecule has 1 aromatic carbocycles. The molecule has 0 aromatic heterocycles. The molecule has 0 spiro atoms. The van der Waals surface area contributed by atoms with Gasteiger partial charge >= 0.3 is 6.36 Å². The van der Waals surface area contributed by atoms with Crippen LogP contribution in [0.2, 0.25) is 0 Å². The first-order valence-electron chi connectivity index (χ1n) is 5.66. The lowest BCUT2D eigenvalue weighted by atomic mass is 9.93. The molecule has 1 saturated carbocycles. The predicted octanol–water partition coefficient (Wildman–Crippen LogP) is 3.50. The fourth-order valence-electron chi connectivity index (χ4n) is 2.00. The lowest BCUT2D eigenvalue weighted by molar-refractivity contribution is -0.274. The van der Waals surface area contributed by atoms with Crippen molar-refractivity contribution in [2.75, 3.05) is 0 Å². The van der Waals surface area contributed by atoms with Crippen LogP contribution in [0.5, 0.6) is 5.75 Å². The smallest absolute Gasteiger partial charge is 0.406 e. The normalized spacial score (nSPS) is 17.3. The molecule has 0 atom stereocenters. The van der Waals surface area contributed by atoms with Gasteiger partial charge in [-0.1, -0.05) is 12.1 Å². The number of halogens is 3. The van der Waals surface area contributed by atoms with E-state index in [2.05, 4.69) is 4.74 Å². The van der Waals surface area contributed by atoms with E-state index in [0.717, 1.165) is 18.4 Å². The standard InChI is InChI=1S/C13H13F3O2/c1-9(17)12(6-7-12)8-10-2-4-11(5-3-10)18-13(14,15)16/h2-5H,6-8H2,1H3. The van der Waals surface area contributed by atoms with Gasteiger partial charge in [-0.25, -0.2) is 0 Å². The summed E-state index contributed by atoms with van der Waals surface area (Å²) in [5.41, 5.74) is 0.587. The zero-order chi connectivity index (χ0) is 13.4. The van der Waals surface area contributed by atoms with Gasteiger partial charge in [0.1, 0.15) is 11.5 Å². The van der Waals surface area contributed by atoms with E-state index in [1.807, 2.05) is 0 Å². The molecule has 2 nitrogen and oxygen atoms in total. The molecule has 0 heterocycles. The molecule has 1 fully saturated rings. The average Bonchev–Trinajstić information content (AvgIpc) is 3.00. The zero-order valence-electron chi connectivity index (χ0n) is 9.88. The van der Waals surface area contributed by atoms with Crippen molar-refractivity contribution in [2.24, 2.45) is 5.41 Å². The van der Waals surface area contributed by atoms with Gasteiger partial charge in [0.15, 0.2) is 0 Å². The largest absolute Gasteiger partial charge is 0.573 e. The van der Waals surface area contributed by atoms with Crippen LogP contribution in [0.1, 0.15) is 25.3 Å². The molecule has 0 aliphatic heterocycles. The zero-order valence-corrected chi connectivity index (χ0v) is 9.88. The Hall–Kier alpha value is -1.52. The van der Waals surface area contributed by atoms with Crippen molar-refractivity contribution in [1.29, 1.82) is 0 Å². The minimum atomic E-state index is -4.67. The fourth-order valence-corrected chi connectivity index (χ4v) is 2.00. The van der Waals surface area contributed by atoms with Crippen LogP contribution >= 0.6 is 0 Å². The molecule has 1 aliphatic rings. The molecular formula is C13H13F3O2. The van der Waals surface area contributed by atoms with Crippen LogP contribution in [-0.2, 0) is 11.2 Å². The van der Waals surface area contributed by atoms with E-state index < -0.39 is 6.36 Å². The van der Waals surface area contributed by atoms with Gasteiger partial charge in [-0.3, -0.25) is 4.79 Å². The van der Waals surface area contributed by atoms with Crippen LogP contribution in [0.15, 0.2) is 24.3 Å². The molecule has 0 amide bonds. The monoisotopic (exact) mass is 258 g/mol. The van der Waals surface area contributed by atoms with Gasteiger partial charge in [-0.15, -0.1) is 13.2 Å². The second-order valence-electron chi connectivity index (χ2n) is 4.71. The molecule has 0 N–H and O–H groups in total. The van der Waals surface area contributed by atoms with Crippen LogP contribution in [0.3, 0.4) is 0 Å². The molecule has 98 valence electrons. The number of alkyl halides is 3. The first-order chi connectivity index (χ1) is 8.31. The van der Waals surface area contributed by atoms with E-state index in [0.29, 0.717) is 6.42 Å². The van der Waals surface area contributed by atoms with Crippen molar-refractivity contribution in [2.45, 2.75) is 32.5 Å². The lowest BCUT2D eigenvalue weighted by Gasteiger charge is -2.12. The summed E-state index contributed by atoms with van der Waals surface area (Å²) in [4.78, 5) is 11.4. The van der Waals surface area contributed by atoms with Crippen LogP contribution in [0.4, 0.5) is 13.2 Å². The maximum absolute atomic E-state index is 12.0. The summed E-state index contributed by atoms with van der Waals surface area (Å²) in [5, 5.41) is 0. The number of carbonyl (C=O) groups excluding carboxylic acids is 1. The van der Waals surface area contributed by atoms with E-state index in [4.69, 9.17) is 0 Å². The Morgan fingerprint density at radius 2 is 1.83 bits per heavy atom. The Labute approximate surface area is 103 Å². The highest BCUT2D eigenvalue weighted by molar-refractivity contribution is 5.85. The Bertz CT molecular complexity index is 444. The van der Waals surface area contributed by atoms with Gasteiger partial charge in [-0.2, -0.15) is 0 Å². The number of Topliss-reactive ketones (excluding diaryl/α,β-unsaturated/α-hetero) is 1. The highest BCUT2D eigenvalue weighted by Crippen LogP contribution is 2.49. The van der Waals surface area contributed by atoms with Gasteiger partial charge in [0.2, 0.25) is 0 Å². The van der Waals surface area contributed by atoms with Crippen molar-refractivity contribution in [3.05, 3.63) is 29.8 Å². The Morgan fingerprint density at radius 1 is 1.28 bits per heavy atom. The molecule has 5 heteroatoms. The van der Waals surface area contributed by atoms with Gasteiger partial charge in [0.05, 0.1) is 0 Å². The van der Waals surface area contributed by atoms with Gasteiger partial charge in [-0.05, 0) is 43.9 Å². The number of benzene rings is 1. The predicted molar refractivity (Wildman–Crippen MR) is 59.2 cm³/mol. The molecule has 0 saturated heterocycles. The number of ether oxygens (including phenoxy) is 1. The molecule has 0 radical (unpaired) electrons. The van der Waals surface area contributed by atoms with E-state index in [-0.39, 0.29) is 16.9 Å². The summed E-state index contributed by atoms with van der Waals surface area (Å²) in [5.74, 6) is -0.0861. The van der Waals surface area contributed by atoms with Crippen molar-refractivity contribution < 1.29 is 22.7 Å². The number of rotatable bonds is 4. The molecule has 1 aliphatic carbocycles. The van der Waals surface area contributed by atoms with Crippen LogP contribution < -0.4 is 4.74 Å². The molecule has 0 unspecified atom stereocenters. The summed E-state index contributed by atoms with van der Waals surface area (Å²) in [6.45, 7) is 1.56. The van der Waals surface area contributed by atoms with E-state index in [9.17, 15) is 18.0 Å². The second-order valence-corrected chi connectivity index (χ2v) is 4.71. The molecular weight excluding hydrogens is 245 g/mol. The molecule has 0 bridgehead atoms. The Balaban J connectivity index is 2.02. The number of hydrogen-bond acceptors (Lipinski definition) is 2. The van der Waals surface area contributed by atoms with Crippen LogP contribution in [0, 0.1) is 5.41 Å². The Morgan fingerprint density at radius 3 is 2.22 bits per heavy atom. The molecule has 1 aromatic rings. The van der Waals surface area contributed by atoms with Crippen LogP contribution in [-0.4, -0.2) is 12.1 Å². The van der Waals surface area contributed by atoms with Crippen molar-refractivity contribution >= 4 is 5.78 Å². The first kappa shape index (κ1) is 12.9. The maximum atomic E-state index is 12.0. The number of carbonyl (C=O) groups is 1. The SMILES string of the molecule is CC(=O)C1(Cc2ccc(OC(F)(F)F)cc2)CC1. The van der Waals surface area contributed by atoms with Gasteiger partial charge in [0, 0.05) is 5.41 Å². The highest BCUT2D eigenvalue weighted by Gasteiger charge is 2.46. The Kier molecular flexibility index (Phi) is 3.09. The quantitative estimate of drug-likeness (QED) is 0.826. The second kappa shape index (κ2) is 4.30. The van der Waals surface area contributed by atoms with Crippen molar-refractivity contribution in [3.8, 4) is 5.75 Å². The minimum absolute atomic E-state index is 0.151. The first-order valence-corrected chi connectivity index (χ1v) is 5.66. The van der Waals surface area contributed by atoms with Gasteiger partial charge < -0.3 is 4.74 Å². The topological polar surface area (TPSA) is 26.3 Å². The van der Waals surface area contributed by atoms with E-state index in [1.54, 1.807) is 19.1 Å². The number of ketones is 1. The summed E-state index contributed by atoms with van der Waals surface area (Å²) >= 11 is 0. The average molecular weight is 258 g/mol. The summed E-state index contributed by atoms with van der Waals surface area (Å²) < 4.78 is 39.7. The number of hydrogen-bond donors (Lipinski definition) is 0.